The number of thiol groups is 3. The van der Waals surface area contributed by atoms with E-state index in [0.717, 1.165) is 5.75 Å². The van der Waals surface area contributed by atoms with Gasteiger partial charge in [0.25, 0.3) is 0 Å². The average Bonchev–Trinajstić information content (AvgIpc) is 1.25. The molecule has 0 aliphatic rings. The predicted octanol–water partition coefficient (Wildman–Crippen LogP) is 2.67. The second-order valence-corrected chi connectivity index (χ2v) is 35.2. The van der Waals surface area contributed by atoms with E-state index in [9.17, 15) is 3.44 Å². The number of rotatable bonds is 2. The van der Waals surface area contributed by atoms with Crippen molar-refractivity contribution in [1.29, 1.82) is 0 Å². The van der Waals surface area contributed by atoms with Crippen LogP contribution in [0, 0.1) is 0 Å². The zero-order valence-electron chi connectivity index (χ0n) is 4.28. The first kappa shape index (κ1) is 10.1. The molecule has 0 aromatic carbocycles. The van der Waals surface area contributed by atoms with Gasteiger partial charge in [0.2, 0.25) is 0 Å². The molecule has 0 radical (unpaired) electrons. The van der Waals surface area contributed by atoms with Crippen LogP contribution in [0.5, 0.6) is 0 Å². The zero-order valence-corrected chi connectivity index (χ0v) is 9.94. The van der Waals surface area contributed by atoms with Crippen LogP contribution in [-0.4, -0.2) is 9.19 Å². The molecular weight excluding hydrogens is 295 g/mol. The van der Waals surface area contributed by atoms with Crippen LogP contribution in [0.15, 0.2) is 0 Å². The summed E-state index contributed by atoms with van der Waals surface area (Å²) in [6, 6.07) is 0. The van der Waals surface area contributed by atoms with Crippen molar-refractivity contribution in [3.05, 3.63) is 0 Å². The molecule has 0 saturated heterocycles. The molecule has 0 aliphatic heterocycles. The number of hydrogen-bond donors (Lipinski definition) is 4. The summed E-state index contributed by atoms with van der Waals surface area (Å²) in [6.07, 6.45) is 0. The Morgan fingerprint density at radius 1 is 1.50 bits per heavy atom. The standard InChI is InChI=1S/C2H9IOS4/c1-2-8-3(4,5,6)7/h4-7H,2H2,1H3. The molecule has 0 rings (SSSR count). The Bertz CT molecular complexity index is 76.5. The van der Waals surface area contributed by atoms with Crippen LogP contribution in [-0.2, 0) is 0 Å². The van der Waals surface area contributed by atoms with Crippen LogP contribution in [0.1, 0.15) is 6.92 Å². The third-order valence-electron chi connectivity index (χ3n) is 0.304. The van der Waals surface area contributed by atoms with Crippen molar-refractivity contribution in [2.24, 2.45) is 0 Å². The first-order chi connectivity index (χ1) is 3.31. The first-order valence-electron chi connectivity index (χ1n) is 1.83. The van der Waals surface area contributed by atoms with Crippen LogP contribution in [0.4, 0.5) is 0 Å². The van der Waals surface area contributed by atoms with Gasteiger partial charge in [0.15, 0.2) is 0 Å². The number of halogens is 1. The molecule has 0 atom stereocenters. The monoisotopic (exact) mass is 304 g/mol. The maximum atomic E-state index is 9.22. The molecule has 0 aromatic rings. The van der Waals surface area contributed by atoms with Gasteiger partial charge in [0.1, 0.15) is 0 Å². The van der Waals surface area contributed by atoms with Gasteiger partial charge in [-0.25, -0.2) is 0 Å². The van der Waals surface area contributed by atoms with E-state index in [0.29, 0.717) is 0 Å². The van der Waals surface area contributed by atoms with E-state index >= 15 is 0 Å². The molecule has 0 fully saturated rings. The Balaban J connectivity index is 3.73. The molecule has 0 amide bonds. The van der Waals surface area contributed by atoms with E-state index in [1.54, 1.807) is 0 Å². The van der Waals surface area contributed by atoms with Crippen molar-refractivity contribution in [1.82, 2.24) is 0 Å². The van der Waals surface area contributed by atoms with Gasteiger partial charge in [-0.2, -0.15) is 0 Å². The molecule has 0 unspecified atom stereocenters. The van der Waals surface area contributed by atoms with Gasteiger partial charge < -0.3 is 0 Å². The van der Waals surface area contributed by atoms with Gasteiger partial charge >= 0.3 is 66.4 Å². The van der Waals surface area contributed by atoms with E-state index in [4.69, 9.17) is 0 Å². The van der Waals surface area contributed by atoms with Gasteiger partial charge in [-0.15, -0.1) is 0 Å². The van der Waals surface area contributed by atoms with E-state index in [2.05, 4.69) is 29.4 Å². The van der Waals surface area contributed by atoms with E-state index in [-0.39, 0.29) is 0 Å². The molecule has 0 saturated carbocycles. The second-order valence-electron chi connectivity index (χ2n) is 1.13. The summed E-state index contributed by atoms with van der Waals surface area (Å²) < 4.78 is 9.22. The van der Waals surface area contributed by atoms with Crippen LogP contribution < -0.4 is 0 Å². The molecule has 6 heteroatoms. The van der Waals surface area contributed by atoms with Crippen LogP contribution >= 0.6 is 50.3 Å². The molecule has 0 heterocycles. The third-order valence-corrected chi connectivity index (χ3v) is 12.0. The summed E-state index contributed by atoms with van der Waals surface area (Å²) in [7, 11) is 13.1. The van der Waals surface area contributed by atoms with Crippen molar-refractivity contribution in [3.8, 4) is 0 Å². The van der Waals surface area contributed by atoms with E-state index in [1.807, 2.05) is 6.92 Å². The summed E-state index contributed by atoms with van der Waals surface area (Å²) in [5.74, 6) is 0.807. The molecule has 8 heavy (non-hydrogen) atoms. The van der Waals surface area contributed by atoms with Gasteiger partial charge in [-0.3, -0.25) is 0 Å². The summed E-state index contributed by atoms with van der Waals surface area (Å²) in [6.45, 7) is 1.94. The van der Waals surface area contributed by atoms with Gasteiger partial charge in [-0.1, -0.05) is 0 Å². The Morgan fingerprint density at radius 2 is 1.88 bits per heavy atom. The number of hydrogen-bond acceptors (Lipinski definition) is 5. The van der Waals surface area contributed by atoms with Crippen LogP contribution in [0.25, 0.3) is 0 Å². The Morgan fingerprint density at radius 3 is 1.88 bits per heavy atom. The fourth-order valence-corrected chi connectivity index (χ4v) is 9.82. The SMILES string of the molecule is CCSI(O)(S)(S)S. The van der Waals surface area contributed by atoms with Crippen molar-refractivity contribution in [2.45, 2.75) is 6.92 Å². The van der Waals surface area contributed by atoms with E-state index in [1.165, 1.54) is 8.93 Å². The van der Waals surface area contributed by atoms with Crippen molar-refractivity contribution in [3.63, 3.8) is 0 Å². The van der Waals surface area contributed by atoms with E-state index < -0.39 is 11.9 Å². The van der Waals surface area contributed by atoms with Crippen molar-refractivity contribution in [2.75, 3.05) is 5.75 Å². The Labute approximate surface area is 65.6 Å². The minimum atomic E-state index is -3.64. The molecule has 1 N–H and O–H groups in total. The molecule has 54 valence electrons. The molecule has 0 spiro atoms. The normalized spacial score (nSPS) is 17.4. The zero-order chi connectivity index (χ0) is 6.86. The Hall–Kier alpha value is 2.09. The molecule has 0 aromatic heterocycles. The molecular formula is C2H9IOS4. The average molecular weight is 304 g/mol. The van der Waals surface area contributed by atoms with Gasteiger partial charge in [0.05, 0.1) is 0 Å². The maximum absolute atomic E-state index is 9.22. The van der Waals surface area contributed by atoms with Gasteiger partial charge in [-0.05, 0) is 0 Å². The molecule has 0 bridgehead atoms. The quantitative estimate of drug-likeness (QED) is 0.465. The molecule has 0 aliphatic carbocycles. The fraction of sp³-hybridized carbons (Fsp3) is 1.00. The second kappa shape index (κ2) is 3.00. The fourth-order valence-electron chi connectivity index (χ4n) is 0.195. The predicted molar refractivity (Wildman–Crippen MR) is 61.3 cm³/mol. The topological polar surface area (TPSA) is 20.2 Å². The van der Waals surface area contributed by atoms with Crippen LogP contribution in [0.3, 0.4) is 0 Å². The summed E-state index contributed by atoms with van der Waals surface area (Å²) in [4.78, 5) is 0. The summed E-state index contributed by atoms with van der Waals surface area (Å²) in [5, 5.41) is 0. The summed E-state index contributed by atoms with van der Waals surface area (Å²) >= 11 is -3.64. The molecule has 1 nitrogen and oxygen atoms in total. The van der Waals surface area contributed by atoms with Crippen LogP contribution in [0.2, 0.25) is 0 Å². The third kappa shape index (κ3) is 8.09. The van der Waals surface area contributed by atoms with Crippen molar-refractivity contribution >= 4 is 50.3 Å². The van der Waals surface area contributed by atoms with Gasteiger partial charge in [0, 0.05) is 0 Å². The van der Waals surface area contributed by atoms with Crippen molar-refractivity contribution < 1.29 is 3.44 Å². The minimum absolute atomic E-state index is 0.807. The summed E-state index contributed by atoms with van der Waals surface area (Å²) in [5.41, 5.74) is 0. The first-order valence-corrected chi connectivity index (χ1v) is 16.0. The Kier molecular flexibility index (Phi) is 3.78.